The summed E-state index contributed by atoms with van der Waals surface area (Å²) in [6.07, 6.45) is 13.0. The van der Waals surface area contributed by atoms with Crippen LogP contribution in [-0.4, -0.2) is 15.8 Å². The summed E-state index contributed by atoms with van der Waals surface area (Å²) in [7, 11) is 0. The molecule has 3 rings (SSSR count). The minimum absolute atomic E-state index is 0.566. The van der Waals surface area contributed by atoms with Gasteiger partial charge >= 0.3 is 0 Å². The van der Waals surface area contributed by atoms with Crippen LogP contribution < -0.4 is 5.32 Å². The summed E-state index contributed by atoms with van der Waals surface area (Å²) >= 11 is 0. The van der Waals surface area contributed by atoms with E-state index in [1.807, 2.05) is 0 Å². The smallest absolute Gasteiger partial charge is 0.0537 e. The molecule has 0 bridgehead atoms. The molecule has 1 heterocycles. The standard InChI is InChI=1S/C17H29N3/c1-13(2)17-14(11-18-15-9-10-15)12-19-20(17)16-7-5-3-4-6-8-16/h12-13,15-16,18H,3-11H2,1-2H3. The average Bonchev–Trinajstić information content (AvgIpc) is 3.20. The van der Waals surface area contributed by atoms with E-state index in [1.54, 1.807) is 0 Å². The predicted octanol–water partition coefficient (Wildman–Crippen LogP) is 4.15. The van der Waals surface area contributed by atoms with Crippen molar-refractivity contribution in [3.8, 4) is 0 Å². The number of nitrogens with one attached hydrogen (secondary N) is 1. The van der Waals surface area contributed by atoms with Gasteiger partial charge in [-0.05, 0) is 31.6 Å². The van der Waals surface area contributed by atoms with E-state index in [0.29, 0.717) is 12.0 Å². The summed E-state index contributed by atoms with van der Waals surface area (Å²) < 4.78 is 2.37. The maximum Gasteiger partial charge on any atom is 0.0537 e. The molecule has 0 atom stereocenters. The molecule has 0 aromatic carbocycles. The van der Waals surface area contributed by atoms with Gasteiger partial charge in [0.15, 0.2) is 0 Å². The third kappa shape index (κ3) is 3.25. The van der Waals surface area contributed by atoms with Crippen molar-refractivity contribution in [3.63, 3.8) is 0 Å². The van der Waals surface area contributed by atoms with E-state index >= 15 is 0 Å². The van der Waals surface area contributed by atoms with Crippen LogP contribution in [0.4, 0.5) is 0 Å². The molecule has 2 fully saturated rings. The van der Waals surface area contributed by atoms with Gasteiger partial charge in [-0.15, -0.1) is 0 Å². The molecular formula is C17H29N3. The first-order valence-electron chi connectivity index (χ1n) is 8.55. The number of rotatable bonds is 5. The van der Waals surface area contributed by atoms with Gasteiger partial charge in [0, 0.05) is 23.8 Å². The predicted molar refractivity (Wildman–Crippen MR) is 82.9 cm³/mol. The normalized spacial score (nSPS) is 21.4. The highest BCUT2D eigenvalue weighted by atomic mass is 15.3. The fourth-order valence-corrected chi connectivity index (χ4v) is 3.51. The van der Waals surface area contributed by atoms with Crippen LogP contribution in [0.15, 0.2) is 6.20 Å². The second-order valence-electron chi connectivity index (χ2n) is 6.95. The van der Waals surface area contributed by atoms with Gasteiger partial charge in [-0.2, -0.15) is 5.10 Å². The van der Waals surface area contributed by atoms with Crippen molar-refractivity contribution in [1.29, 1.82) is 0 Å². The van der Waals surface area contributed by atoms with Crippen molar-refractivity contribution in [2.75, 3.05) is 0 Å². The lowest BCUT2D eigenvalue weighted by atomic mass is 10.0. The zero-order valence-corrected chi connectivity index (χ0v) is 13.1. The van der Waals surface area contributed by atoms with Crippen LogP contribution in [0.2, 0.25) is 0 Å². The number of hydrogen-bond donors (Lipinski definition) is 1. The summed E-state index contributed by atoms with van der Waals surface area (Å²) in [5.41, 5.74) is 2.90. The Labute approximate surface area is 123 Å². The van der Waals surface area contributed by atoms with Gasteiger partial charge in [0.05, 0.1) is 12.2 Å². The maximum absolute atomic E-state index is 4.78. The Balaban J connectivity index is 1.77. The van der Waals surface area contributed by atoms with Gasteiger partial charge in [0.1, 0.15) is 0 Å². The van der Waals surface area contributed by atoms with Crippen LogP contribution in [0, 0.1) is 0 Å². The molecule has 1 N–H and O–H groups in total. The van der Waals surface area contributed by atoms with E-state index in [-0.39, 0.29) is 0 Å². The van der Waals surface area contributed by atoms with Crippen LogP contribution in [0.1, 0.15) is 88.4 Å². The highest BCUT2D eigenvalue weighted by Crippen LogP contribution is 2.31. The van der Waals surface area contributed by atoms with Crippen LogP contribution in [-0.2, 0) is 6.54 Å². The van der Waals surface area contributed by atoms with Crippen LogP contribution in [0.25, 0.3) is 0 Å². The van der Waals surface area contributed by atoms with Crippen molar-refractivity contribution < 1.29 is 0 Å². The third-order valence-electron chi connectivity index (χ3n) is 4.79. The molecule has 20 heavy (non-hydrogen) atoms. The molecule has 112 valence electrons. The first kappa shape index (κ1) is 14.1. The molecule has 0 saturated heterocycles. The Hall–Kier alpha value is -0.830. The molecule has 0 radical (unpaired) electrons. The van der Waals surface area contributed by atoms with Crippen molar-refractivity contribution in [1.82, 2.24) is 15.1 Å². The zero-order valence-electron chi connectivity index (χ0n) is 13.1. The van der Waals surface area contributed by atoms with Crippen LogP contribution in [0.5, 0.6) is 0 Å². The minimum Gasteiger partial charge on any atom is -0.310 e. The van der Waals surface area contributed by atoms with Crippen molar-refractivity contribution in [3.05, 3.63) is 17.5 Å². The van der Waals surface area contributed by atoms with Gasteiger partial charge in [-0.25, -0.2) is 0 Å². The van der Waals surface area contributed by atoms with E-state index in [9.17, 15) is 0 Å². The Bertz CT molecular complexity index is 423. The Morgan fingerprint density at radius 2 is 1.85 bits per heavy atom. The molecular weight excluding hydrogens is 246 g/mol. The Morgan fingerprint density at radius 1 is 1.15 bits per heavy atom. The average molecular weight is 275 g/mol. The van der Waals surface area contributed by atoms with E-state index in [0.717, 1.165) is 12.6 Å². The van der Waals surface area contributed by atoms with Crippen molar-refractivity contribution >= 4 is 0 Å². The summed E-state index contributed by atoms with van der Waals surface area (Å²) in [6, 6.07) is 1.42. The minimum atomic E-state index is 0.566. The molecule has 2 aliphatic rings. The van der Waals surface area contributed by atoms with Crippen molar-refractivity contribution in [2.45, 2.75) is 89.8 Å². The first-order chi connectivity index (χ1) is 9.75. The third-order valence-corrected chi connectivity index (χ3v) is 4.79. The molecule has 3 nitrogen and oxygen atoms in total. The highest BCUT2D eigenvalue weighted by molar-refractivity contribution is 5.22. The molecule has 0 spiro atoms. The van der Waals surface area contributed by atoms with Gasteiger partial charge < -0.3 is 5.32 Å². The topological polar surface area (TPSA) is 29.9 Å². The van der Waals surface area contributed by atoms with Gasteiger partial charge in [-0.3, -0.25) is 4.68 Å². The maximum atomic E-state index is 4.78. The van der Waals surface area contributed by atoms with Crippen LogP contribution in [0.3, 0.4) is 0 Å². The fourth-order valence-electron chi connectivity index (χ4n) is 3.51. The second-order valence-corrected chi connectivity index (χ2v) is 6.95. The lowest BCUT2D eigenvalue weighted by Crippen LogP contribution is -2.18. The Morgan fingerprint density at radius 3 is 2.45 bits per heavy atom. The highest BCUT2D eigenvalue weighted by Gasteiger charge is 2.24. The lowest BCUT2D eigenvalue weighted by Gasteiger charge is -2.21. The van der Waals surface area contributed by atoms with Crippen LogP contribution >= 0.6 is 0 Å². The largest absolute Gasteiger partial charge is 0.310 e. The van der Waals surface area contributed by atoms with Gasteiger partial charge in [0.25, 0.3) is 0 Å². The van der Waals surface area contributed by atoms with Crippen molar-refractivity contribution in [2.24, 2.45) is 0 Å². The second kappa shape index (κ2) is 6.30. The van der Waals surface area contributed by atoms with Gasteiger partial charge in [-0.1, -0.05) is 39.5 Å². The fraction of sp³-hybridized carbons (Fsp3) is 0.824. The lowest BCUT2D eigenvalue weighted by molar-refractivity contribution is 0.387. The molecule has 0 aliphatic heterocycles. The summed E-state index contributed by atoms with van der Waals surface area (Å²) in [5.74, 6) is 0.566. The quantitative estimate of drug-likeness (QED) is 0.818. The van der Waals surface area contributed by atoms with Gasteiger partial charge in [0.2, 0.25) is 0 Å². The van der Waals surface area contributed by atoms with E-state index in [1.165, 1.54) is 62.6 Å². The molecule has 1 aromatic rings. The van der Waals surface area contributed by atoms with E-state index < -0.39 is 0 Å². The molecule has 0 amide bonds. The molecule has 2 saturated carbocycles. The number of aromatic nitrogens is 2. The van der Waals surface area contributed by atoms with E-state index in [4.69, 9.17) is 5.10 Å². The van der Waals surface area contributed by atoms with E-state index in [2.05, 4.69) is 30.0 Å². The molecule has 3 heteroatoms. The summed E-state index contributed by atoms with van der Waals surface area (Å²) in [6.45, 7) is 5.63. The Kier molecular flexibility index (Phi) is 4.45. The summed E-state index contributed by atoms with van der Waals surface area (Å²) in [5, 5.41) is 8.42. The summed E-state index contributed by atoms with van der Waals surface area (Å²) in [4.78, 5) is 0. The zero-order chi connectivity index (χ0) is 13.9. The molecule has 0 unspecified atom stereocenters. The number of hydrogen-bond acceptors (Lipinski definition) is 2. The number of nitrogens with zero attached hydrogens (tertiary/aromatic N) is 2. The first-order valence-corrected chi connectivity index (χ1v) is 8.55. The molecule has 2 aliphatic carbocycles. The molecule has 1 aromatic heterocycles. The SMILES string of the molecule is CC(C)c1c(CNC2CC2)cnn1C1CCCCCC1. The monoisotopic (exact) mass is 275 g/mol.